The highest BCUT2D eigenvalue weighted by Crippen LogP contribution is 2.31. The van der Waals surface area contributed by atoms with Crippen molar-refractivity contribution in [3.05, 3.63) is 0 Å². The lowest BCUT2D eigenvalue weighted by Gasteiger charge is -2.20. The molecule has 0 N–H and O–H groups in total. The zero-order valence-electron chi connectivity index (χ0n) is 5.50. The van der Waals surface area contributed by atoms with E-state index in [1.54, 1.807) is 0 Å². The van der Waals surface area contributed by atoms with Gasteiger partial charge in [0.15, 0.2) is 6.17 Å². The van der Waals surface area contributed by atoms with Crippen molar-refractivity contribution in [1.29, 1.82) is 0 Å². The Morgan fingerprint density at radius 1 is 1.00 bits per heavy atom. The molecule has 0 aliphatic heterocycles. The minimum atomic E-state index is -4.89. The van der Waals surface area contributed by atoms with E-state index in [1.165, 1.54) is 0 Å². The first-order valence-electron chi connectivity index (χ1n) is 2.74. The normalized spacial score (nSPS) is 18.5. The van der Waals surface area contributed by atoms with Gasteiger partial charge in [-0.3, -0.25) is 0 Å². The largest absolute Gasteiger partial charge is 0.340 e. The van der Waals surface area contributed by atoms with Crippen LogP contribution in [0.1, 0.15) is 6.92 Å². The summed E-state index contributed by atoms with van der Waals surface area (Å²) in [5.74, 6) is -4.89. The van der Waals surface area contributed by atoms with Gasteiger partial charge in [-0.2, -0.15) is 8.78 Å². The number of rotatable bonds is 3. The van der Waals surface area contributed by atoms with Gasteiger partial charge in [-0.05, 0) is 6.92 Å². The summed E-state index contributed by atoms with van der Waals surface area (Å²) in [6, 6.07) is 0. The zero-order chi connectivity index (χ0) is 9.23. The Kier molecular flexibility index (Phi) is 3.19. The van der Waals surface area contributed by atoms with Crippen LogP contribution in [-0.4, -0.2) is 24.7 Å². The molecule has 2 atom stereocenters. The second kappa shape index (κ2) is 3.32. The van der Waals surface area contributed by atoms with E-state index in [-0.39, 0.29) is 0 Å². The Morgan fingerprint density at radius 2 is 1.36 bits per heavy atom. The fourth-order valence-corrected chi connectivity index (χ4v) is 0.427. The van der Waals surface area contributed by atoms with Gasteiger partial charge in [0, 0.05) is 0 Å². The van der Waals surface area contributed by atoms with Gasteiger partial charge in [-0.25, -0.2) is 17.6 Å². The molecule has 0 aromatic rings. The average molecular weight is 180 g/mol. The van der Waals surface area contributed by atoms with Crippen molar-refractivity contribution in [1.82, 2.24) is 0 Å². The molecule has 0 fully saturated rings. The number of halogens is 6. The van der Waals surface area contributed by atoms with Crippen LogP contribution >= 0.6 is 0 Å². The molecule has 0 bridgehead atoms. The Labute approximate surface area is 59.2 Å². The highest BCUT2D eigenvalue weighted by molar-refractivity contribution is 4.83. The van der Waals surface area contributed by atoms with E-state index in [1.807, 2.05) is 0 Å². The smallest absolute Gasteiger partial charge is 0.244 e. The van der Waals surface area contributed by atoms with Gasteiger partial charge in [0.2, 0.25) is 0 Å². The van der Waals surface area contributed by atoms with Crippen LogP contribution < -0.4 is 0 Å². The minimum absolute atomic E-state index is 0.459. The Balaban J connectivity index is 4.29. The summed E-state index contributed by atoms with van der Waals surface area (Å²) < 4.78 is 69.9. The summed E-state index contributed by atoms with van der Waals surface area (Å²) in [5.41, 5.74) is 0. The molecule has 2 unspecified atom stereocenters. The van der Waals surface area contributed by atoms with Crippen LogP contribution in [0.25, 0.3) is 0 Å². The van der Waals surface area contributed by atoms with Crippen LogP contribution in [-0.2, 0) is 0 Å². The lowest BCUT2D eigenvalue weighted by Crippen LogP contribution is -2.42. The summed E-state index contributed by atoms with van der Waals surface area (Å²) in [6.45, 7) is 0.459. The predicted molar refractivity (Wildman–Crippen MR) is 26.4 cm³/mol. The predicted octanol–water partition coefficient (Wildman–Crippen LogP) is 2.58. The summed E-state index contributed by atoms with van der Waals surface area (Å²) >= 11 is 0. The molecule has 0 rings (SSSR count). The SMILES string of the molecule is CC(F)C(F)C(F)(F)C(F)F. The second-order valence-electron chi connectivity index (χ2n) is 2.05. The summed E-state index contributed by atoms with van der Waals surface area (Å²) in [6.07, 6.45) is -10.2. The van der Waals surface area contributed by atoms with E-state index in [2.05, 4.69) is 0 Å². The van der Waals surface area contributed by atoms with Crippen molar-refractivity contribution in [3.8, 4) is 0 Å². The standard InChI is InChI=1S/C5H6F6/c1-2(6)3(7)5(10,11)4(8)9/h2-4H,1H3. The first-order chi connectivity index (χ1) is 4.80. The fraction of sp³-hybridized carbons (Fsp3) is 1.00. The highest BCUT2D eigenvalue weighted by Gasteiger charge is 2.52. The molecular weight excluding hydrogens is 174 g/mol. The first-order valence-corrected chi connectivity index (χ1v) is 2.74. The Bertz CT molecular complexity index is 120. The van der Waals surface area contributed by atoms with Crippen molar-refractivity contribution >= 4 is 0 Å². The zero-order valence-corrected chi connectivity index (χ0v) is 5.50. The first kappa shape index (κ1) is 10.6. The van der Waals surface area contributed by atoms with Crippen molar-refractivity contribution < 1.29 is 26.3 Å². The van der Waals surface area contributed by atoms with Gasteiger partial charge in [0.1, 0.15) is 6.17 Å². The average Bonchev–Trinajstić information content (AvgIpc) is 1.85. The number of hydrogen-bond donors (Lipinski definition) is 0. The fourth-order valence-electron chi connectivity index (χ4n) is 0.427. The molecule has 0 spiro atoms. The third kappa shape index (κ3) is 2.27. The van der Waals surface area contributed by atoms with Crippen LogP contribution in [0.15, 0.2) is 0 Å². The molecule has 0 heterocycles. The highest BCUT2D eigenvalue weighted by atomic mass is 19.3. The monoisotopic (exact) mass is 180 g/mol. The van der Waals surface area contributed by atoms with Gasteiger partial charge < -0.3 is 0 Å². The lowest BCUT2D eigenvalue weighted by molar-refractivity contribution is -0.183. The van der Waals surface area contributed by atoms with Crippen LogP contribution in [0.4, 0.5) is 26.3 Å². The van der Waals surface area contributed by atoms with E-state index in [9.17, 15) is 26.3 Å². The van der Waals surface area contributed by atoms with Gasteiger partial charge in [0.05, 0.1) is 0 Å². The number of hydrogen-bond acceptors (Lipinski definition) is 0. The maximum absolute atomic E-state index is 11.9. The van der Waals surface area contributed by atoms with Gasteiger partial charge in [-0.15, -0.1) is 0 Å². The van der Waals surface area contributed by atoms with Crippen LogP contribution in [0.2, 0.25) is 0 Å². The van der Waals surface area contributed by atoms with Crippen molar-refractivity contribution in [2.24, 2.45) is 0 Å². The molecule has 11 heavy (non-hydrogen) atoms. The summed E-state index contributed by atoms with van der Waals surface area (Å²) in [4.78, 5) is 0. The van der Waals surface area contributed by atoms with E-state index < -0.39 is 24.7 Å². The molecule has 0 aromatic heterocycles. The van der Waals surface area contributed by atoms with E-state index in [0.29, 0.717) is 6.92 Å². The molecule has 0 radical (unpaired) electrons. The molecule has 6 heteroatoms. The number of alkyl halides is 6. The topological polar surface area (TPSA) is 0 Å². The molecule has 0 aromatic carbocycles. The van der Waals surface area contributed by atoms with Gasteiger partial charge in [-0.1, -0.05) is 0 Å². The maximum Gasteiger partial charge on any atom is 0.340 e. The van der Waals surface area contributed by atoms with Crippen LogP contribution in [0, 0.1) is 0 Å². The van der Waals surface area contributed by atoms with Crippen molar-refractivity contribution in [2.75, 3.05) is 0 Å². The molecule has 0 amide bonds. The molecule has 0 nitrogen and oxygen atoms in total. The summed E-state index contributed by atoms with van der Waals surface area (Å²) in [7, 11) is 0. The van der Waals surface area contributed by atoms with Gasteiger partial charge in [0.25, 0.3) is 0 Å². The Hall–Kier alpha value is -0.420. The van der Waals surface area contributed by atoms with Crippen LogP contribution in [0.3, 0.4) is 0 Å². The molecule has 68 valence electrons. The molecule has 0 saturated carbocycles. The molecule has 0 aliphatic rings. The maximum atomic E-state index is 11.9. The molecule has 0 saturated heterocycles. The second-order valence-corrected chi connectivity index (χ2v) is 2.05. The third-order valence-electron chi connectivity index (χ3n) is 1.06. The molecular formula is C5H6F6. The van der Waals surface area contributed by atoms with Gasteiger partial charge >= 0.3 is 12.3 Å². The van der Waals surface area contributed by atoms with E-state index >= 15 is 0 Å². The molecule has 0 aliphatic carbocycles. The van der Waals surface area contributed by atoms with Crippen molar-refractivity contribution in [2.45, 2.75) is 31.6 Å². The quantitative estimate of drug-likeness (QED) is 0.585. The Morgan fingerprint density at radius 3 is 1.45 bits per heavy atom. The van der Waals surface area contributed by atoms with E-state index in [4.69, 9.17) is 0 Å². The minimum Gasteiger partial charge on any atom is -0.244 e. The van der Waals surface area contributed by atoms with Crippen molar-refractivity contribution in [3.63, 3.8) is 0 Å². The van der Waals surface area contributed by atoms with Crippen LogP contribution in [0.5, 0.6) is 0 Å². The van der Waals surface area contributed by atoms with E-state index in [0.717, 1.165) is 0 Å². The summed E-state index contributed by atoms with van der Waals surface area (Å²) in [5, 5.41) is 0. The lowest BCUT2D eigenvalue weighted by atomic mass is 10.1. The third-order valence-corrected chi connectivity index (χ3v) is 1.06.